The normalized spacial score (nSPS) is 16.8. The first kappa shape index (κ1) is 17.9. The first-order chi connectivity index (χ1) is 12.5. The zero-order valence-electron chi connectivity index (χ0n) is 14.5. The fourth-order valence-corrected chi connectivity index (χ4v) is 3.64. The fourth-order valence-electron chi connectivity index (χ4n) is 2.90. The minimum Gasteiger partial charge on any atom is -0.350 e. The second-order valence-electron chi connectivity index (χ2n) is 6.13. The standard InChI is InChI=1S/C16H19N7O2S/c1-10-12(8-17)14(26-21-10)20-16(25)19-11-4-3-6-23(9-11)13-15(24)22(2)7-5-18-13/h5,7,11H,3-4,6,9H2,1-2H3,(H2,19,20,25). The van der Waals surface area contributed by atoms with Gasteiger partial charge in [0.25, 0.3) is 5.56 Å². The van der Waals surface area contributed by atoms with E-state index in [1.807, 2.05) is 11.0 Å². The molecule has 26 heavy (non-hydrogen) atoms. The number of aromatic nitrogens is 3. The lowest BCUT2D eigenvalue weighted by Gasteiger charge is -2.33. The van der Waals surface area contributed by atoms with Crippen molar-refractivity contribution in [2.45, 2.75) is 25.8 Å². The summed E-state index contributed by atoms with van der Waals surface area (Å²) in [5, 5.41) is 15.2. The van der Waals surface area contributed by atoms with E-state index in [4.69, 9.17) is 5.26 Å². The topological polar surface area (TPSA) is 116 Å². The third-order valence-corrected chi connectivity index (χ3v) is 5.11. The Kier molecular flexibility index (Phi) is 5.18. The molecule has 10 heteroatoms. The van der Waals surface area contributed by atoms with Crippen LogP contribution < -0.4 is 21.1 Å². The minimum absolute atomic E-state index is 0.116. The molecule has 3 heterocycles. The average molecular weight is 373 g/mol. The predicted molar refractivity (Wildman–Crippen MR) is 98.4 cm³/mol. The van der Waals surface area contributed by atoms with E-state index in [0.29, 0.717) is 28.6 Å². The van der Waals surface area contributed by atoms with Crippen LogP contribution in [0, 0.1) is 18.3 Å². The van der Waals surface area contributed by atoms with Gasteiger partial charge >= 0.3 is 6.03 Å². The number of rotatable bonds is 3. The van der Waals surface area contributed by atoms with Gasteiger partial charge < -0.3 is 14.8 Å². The summed E-state index contributed by atoms with van der Waals surface area (Å²) in [7, 11) is 1.68. The van der Waals surface area contributed by atoms with Gasteiger partial charge in [-0.1, -0.05) is 0 Å². The highest BCUT2D eigenvalue weighted by Crippen LogP contribution is 2.23. The summed E-state index contributed by atoms with van der Waals surface area (Å²) in [5.74, 6) is 0.395. The summed E-state index contributed by atoms with van der Waals surface area (Å²) >= 11 is 1.08. The first-order valence-corrected chi connectivity index (χ1v) is 8.97. The Labute approximate surface area is 154 Å². The highest BCUT2D eigenvalue weighted by Gasteiger charge is 2.24. The molecular formula is C16H19N7O2S. The Morgan fingerprint density at radius 1 is 1.50 bits per heavy atom. The van der Waals surface area contributed by atoms with Crippen LogP contribution in [0.2, 0.25) is 0 Å². The Morgan fingerprint density at radius 2 is 2.31 bits per heavy atom. The molecule has 0 radical (unpaired) electrons. The molecule has 2 N–H and O–H groups in total. The summed E-state index contributed by atoms with van der Waals surface area (Å²) in [5.41, 5.74) is 0.825. The molecule has 1 unspecified atom stereocenters. The lowest BCUT2D eigenvalue weighted by atomic mass is 10.1. The molecule has 0 aromatic carbocycles. The van der Waals surface area contributed by atoms with Gasteiger partial charge in [-0.25, -0.2) is 9.78 Å². The molecule has 0 saturated carbocycles. The molecule has 1 aliphatic rings. The van der Waals surface area contributed by atoms with Crippen molar-refractivity contribution in [1.82, 2.24) is 19.2 Å². The van der Waals surface area contributed by atoms with Crippen LogP contribution in [-0.2, 0) is 7.05 Å². The third kappa shape index (κ3) is 3.67. The molecule has 1 aliphatic heterocycles. The molecule has 136 valence electrons. The highest BCUT2D eigenvalue weighted by atomic mass is 32.1. The van der Waals surface area contributed by atoms with Crippen LogP contribution in [0.4, 0.5) is 15.6 Å². The summed E-state index contributed by atoms with van der Waals surface area (Å²) < 4.78 is 5.57. The van der Waals surface area contributed by atoms with Crippen molar-refractivity contribution in [2.24, 2.45) is 7.05 Å². The Bertz CT molecular complexity index is 914. The number of aryl methyl sites for hydroxylation is 2. The van der Waals surface area contributed by atoms with E-state index in [0.717, 1.165) is 30.9 Å². The molecule has 2 aromatic rings. The largest absolute Gasteiger partial charge is 0.350 e. The van der Waals surface area contributed by atoms with Crippen molar-refractivity contribution in [3.05, 3.63) is 34.0 Å². The van der Waals surface area contributed by atoms with Gasteiger partial charge in [-0.05, 0) is 31.3 Å². The van der Waals surface area contributed by atoms with E-state index in [2.05, 4.69) is 20.0 Å². The molecule has 3 rings (SSSR count). The van der Waals surface area contributed by atoms with E-state index in [1.54, 1.807) is 26.4 Å². The molecule has 9 nitrogen and oxygen atoms in total. The van der Waals surface area contributed by atoms with E-state index in [9.17, 15) is 9.59 Å². The maximum Gasteiger partial charge on any atom is 0.320 e. The summed E-state index contributed by atoms with van der Waals surface area (Å²) in [6.07, 6.45) is 4.86. The van der Waals surface area contributed by atoms with Gasteiger partial charge in [0.2, 0.25) is 0 Å². The van der Waals surface area contributed by atoms with Gasteiger partial charge in [0.15, 0.2) is 5.82 Å². The number of nitriles is 1. The molecule has 1 atom stereocenters. The zero-order valence-corrected chi connectivity index (χ0v) is 15.3. The van der Waals surface area contributed by atoms with Crippen LogP contribution in [0.15, 0.2) is 17.2 Å². The first-order valence-electron chi connectivity index (χ1n) is 8.20. The summed E-state index contributed by atoms with van der Waals surface area (Å²) in [6, 6.07) is 1.55. The zero-order chi connectivity index (χ0) is 18.7. The number of anilines is 2. The Hall–Kier alpha value is -2.93. The molecule has 0 spiro atoms. The maximum absolute atomic E-state index is 12.3. The fraction of sp³-hybridized carbons (Fsp3) is 0.438. The van der Waals surface area contributed by atoms with Crippen molar-refractivity contribution in [3.63, 3.8) is 0 Å². The number of hydrogen-bond acceptors (Lipinski definition) is 7. The van der Waals surface area contributed by atoms with Crippen LogP contribution in [0.5, 0.6) is 0 Å². The molecule has 1 fully saturated rings. The van der Waals surface area contributed by atoms with E-state index in [-0.39, 0.29) is 17.6 Å². The molecule has 0 aliphatic carbocycles. The van der Waals surface area contributed by atoms with Gasteiger partial charge in [0, 0.05) is 38.6 Å². The van der Waals surface area contributed by atoms with Crippen LogP contribution in [0.3, 0.4) is 0 Å². The third-order valence-electron chi connectivity index (χ3n) is 4.26. The summed E-state index contributed by atoms with van der Waals surface area (Å²) in [4.78, 5) is 30.6. The van der Waals surface area contributed by atoms with E-state index < -0.39 is 0 Å². The second-order valence-corrected chi connectivity index (χ2v) is 6.91. The smallest absolute Gasteiger partial charge is 0.320 e. The van der Waals surface area contributed by atoms with Gasteiger partial charge in [-0.15, -0.1) is 0 Å². The van der Waals surface area contributed by atoms with Crippen LogP contribution >= 0.6 is 11.5 Å². The SMILES string of the molecule is Cc1nsc(NC(=O)NC2CCCN(c3nccn(C)c3=O)C2)c1C#N. The number of urea groups is 1. The van der Waals surface area contributed by atoms with Crippen LogP contribution in [0.1, 0.15) is 24.1 Å². The lowest BCUT2D eigenvalue weighted by Crippen LogP contribution is -2.50. The van der Waals surface area contributed by atoms with Gasteiger partial charge in [-0.3, -0.25) is 10.1 Å². The quantitative estimate of drug-likeness (QED) is 0.835. The number of carbonyl (C=O) groups excluding carboxylic acids is 1. The summed E-state index contributed by atoms with van der Waals surface area (Å²) in [6.45, 7) is 2.95. The molecule has 0 bridgehead atoms. The second kappa shape index (κ2) is 7.53. The van der Waals surface area contributed by atoms with Crippen molar-refractivity contribution < 1.29 is 4.79 Å². The van der Waals surface area contributed by atoms with Crippen LogP contribution in [-0.4, -0.2) is 39.1 Å². The number of piperidine rings is 1. The van der Waals surface area contributed by atoms with Gasteiger partial charge in [0.1, 0.15) is 16.6 Å². The van der Waals surface area contributed by atoms with E-state index >= 15 is 0 Å². The van der Waals surface area contributed by atoms with E-state index in [1.165, 1.54) is 4.57 Å². The molecule has 1 saturated heterocycles. The molecular weight excluding hydrogens is 354 g/mol. The van der Waals surface area contributed by atoms with Crippen LogP contribution in [0.25, 0.3) is 0 Å². The monoisotopic (exact) mass is 373 g/mol. The predicted octanol–water partition coefficient (Wildman–Crippen LogP) is 1.21. The molecule has 2 amide bonds. The van der Waals surface area contributed by atoms with Crippen molar-refractivity contribution in [3.8, 4) is 6.07 Å². The van der Waals surface area contributed by atoms with Crippen molar-refractivity contribution in [1.29, 1.82) is 5.26 Å². The maximum atomic E-state index is 12.3. The Morgan fingerprint density at radius 3 is 3.08 bits per heavy atom. The number of carbonyl (C=O) groups is 1. The highest BCUT2D eigenvalue weighted by molar-refractivity contribution is 7.10. The number of nitrogens with one attached hydrogen (secondary N) is 2. The number of amides is 2. The minimum atomic E-state index is -0.383. The lowest BCUT2D eigenvalue weighted by molar-refractivity contribution is 0.246. The number of hydrogen-bond donors (Lipinski definition) is 2. The van der Waals surface area contributed by atoms with Crippen molar-refractivity contribution >= 4 is 28.4 Å². The molecule has 2 aromatic heterocycles. The van der Waals surface area contributed by atoms with Crippen molar-refractivity contribution in [2.75, 3.05) is 23.3 Å². The number of nitrogens with zero attached hydrogens (tertiary/aromatic N) is 5. The average Bonchev–Trinajstić information content (AvgIpc) is 2.96. The van der Waals surface area contributed by atoms with Gasteiger partial charge in [-0.2, -0.15) is 9.64 Å². The van der Waals surface area contributed by atoms with Gasteiger partial charge in [0.05, 0.1) is 5.69 Å². The Balaban J connectivity index is 1.65.